The van der Waals surface area contributed by atoms with Gasteiger partial charge in [0.2, 0.25) is 5.89 Å². The van der Waals surface area contributed by atoms with E-state index in [0.29, 0.717) is 5.89 Å². The van der Waals surface area contributed by atoms with Gasteiger partial charge in [0, 0.05) is 0 Å². The number of aromatic nitrogens is 2. The number of carbonyl (C=O) groups is 2. The highest BCUT2D eigenvalue weighted by Gasteiger charge is 2.31. The van der Waals surface area contributed by atoms with E-state index in [1.807, 2.05) is 0 Å². The summed E-state index contributed by atoms with van der Waals surface area (Å²) >= 11 is 0. The number of rotatable bonds is 4. The van der Waals surface area contributed by atoms with Crippen molar-refractivity contribution in [3.05, 3.63) is 11.7 Å². The van der Waals surface area contributed by atoms with Crippen molar-refractivity contribution in [3.8, 4) is 0 Å². The largest absolute Gasteiger partial charge is 0.480 e. The fourth-order valence-electron chi connectivity index (χ4n) is 1.76. The molecule has 1 aromatic rings. The van der Waals surface area contributed by atoms with Crippen molar-refractivity contribution < 1.29 is 19.2 Å². The Hall–Kier alpha value is -1.96. The van der Waals surface area contributed by atoms with Crippen molar-refractivity contribution in [2.75, 3.05) is 6.54 Å². The highest BCUT2D eigenvalue weighted by atomic mass is 16.5. The van der Waals surface area contributed by atoms with Crippen LogP contribution in [0.3, 0.4) is 0 Å². The van der Waals surface area contributed by atoms with E-state index >= 15 is 0 Å². The van der Waals surface area contributed by atoms with Gasteiger partial charge in [0.15, 0.2) is 0 Å². The average Bonchev–Trinajstić information content (AvgIpc) is 2.99. The van der Waals surface area contributed by atoms with Gasteiger partial charge in [-0.25, -0.2) is 4.79 Å². The Bertz CT molecular complexity index is 491. The van der Waals surface area contributed by atoms with Crippen LogP contribution in [-0.2, 0) is 4.79 Å². The molecule has 0 aromatic carbocycles. The van der Waals surface area contributed by atoms with E-state index in [1.165, 1.54) is 13.8 Å². The molecule has 19 heavy (non-hydrogen) atoms. The lowest BCUT2D eigenvalue weighted by atomic mass is 10.1. The maximum Gasteiger partial charge on any atom is 0.328 e. The first-order valence-electron chi connectivity index (χ1n) is 6.03. The molecule has 0 aliphatic carbocycles. The lowest BCUT2D eigenvalue weighted by Gasteiger charge is -2.19. The molecule has 0 radical (unpaired) electrons. The number of carboxylic acid groups (broad SMARTS) is 1. The Kier molecular flexibility index (Phi) is 3.52. The van der Waals surface area contributed by atoms with E-state index in [-0.39, 0.29) is 11.9 Å². The summed E-state index contributed by atoms with van der Waals surface area (Å²) in [5.41, 5.74) is -1.39. The normalized spacial score (nSPS) is 19.4. The lowest BCUT2D eigenvalue weighted by Crippen LogP contribution is -2.49. The molecule has 0 saturated carbocycles. The standard InChI is InChI=1S/C11H16N4O4/c1-11(2,10(17)18)14-8(16)7-13-9(19-15-7)6-4-3-5-12-6/h6,12H,3-5H2,1-2H3,(H,14,16)(H,17,18). The number of aliphatic carboxylic acids is 1. The van der Waals surface area contributed by atoms with E-state index in [2.05, 4.69) is 20.8 Å². The summed E-state index contributed by atoms with van der Waals surface area (Å²) < 4.78 is 5.01. The highest BCUT2D eigenvalue weighted by molar-refractivity contribution is 5.94. The van der Waals surface area contributed by atoms with Crippen LogP contribution in [0.25, 0.3) is 0 Å². The molecule has 1 saturated heterocycles. The molecule has 8 heteroatoms. The van der Waals surface area contributed by atoms with E-state index < -0.39 is 17.4 Å². The van der Waals surface area contributed by atoms with Crippen LogP contribution in [-0.4, -0.2) is 39.2 Å². The molecule has 0 spiro atoms. The summed E-state index contributed by atoms with van der Waals surface area (Å²) in [6, 6.07) is -0.0264. The lowest BCUT2D eigenvalue weighted by molar-refractivity contribution is -0.143. The van der Waals surface area contributed by atoms with Crippen LogP contribution in [0.2, 0.25) is 0 Å². The first-order chi connectivity index (χ1) is 8.90. The van der Waals surface area contributed by atoms with Gasteiger partial charge in [0.05, 0.1) is 6.04 Å². The van der Waals surface area contributed by atoms with Gasteiger partial charge < -0.3 is 20.3 Å². The first-order valence-corrected chi connectivity index (χ1v) is 6.03. The molecule has 1 unspecified atom stereocenters. The van der Waals surface area contributed by atoms with Gasteiger partial charge in [0.1, 0.15) is 5.54 Å². The van der Waals surface area contributed by atoms with Gasteiger partial charge in [-0.2, -0.15) is 4.98 Å². The van der Waals surface area contributed by atoms with Crippen LogP contribution in [0.4, 0.5) is 0 Å². The summed E-state index contributed by atoms with van der Waals surface area (Å²) in [6.07, 6.45) is 1.89. The van der Waals surface area contributed by atoms with Crippen LogP contribution in [0.15, 0.2) is 4.52 Å². The third kappa shape index (κ3) is 2.90. The van der Waals surface area contributed by atoms with Gasteiger partial charge in [0.25, 0.3) is 11.7 Å². The predicted octanol–water partition coefficient (Wildman–Crippen LogP) is 0.0871. The third-order valence-corrected chi connectivity index (χ3v) is 2.96. The number of hydrogen-bond donors (Lipinski definition) is 3. The number of carbonyl (C=O) groups excluding carboxylic acids is 1. The Labute approximate surface area is 109 Å². The summed E-state index contributed by atoms with van der Waals surface area (Å²) in [6.45, 7) is 3.64. The zero-order valence-corrected chi connectivity index (χ0v) is 10.8. The molecule has 3 N–H and O–H groups in total. The van der Waals surface area contributed by atoms with Crippen molar-refractivity contribution in [1.29, 1.82) is 0 Å². The molecule has 2 rings (SSSR count). The summed E-state index contributed by atoms with van der Waals surface area (Å²) in [4.78, 5) is 26.7. The minimum absolute atomic E-state index is 0.0264. The molecule has 1 fully saturated rings. The molecule has 2 heterocycles. The SMILES string of the molecule is CC(C)(NC(=O)c1noc(C2CCCN2)n1)C(=O)O. The topological polar surface area (TPSA) is 117 Å². The molecule has 1 amide bonds. The Morgan fingerprint density at radius 3 is 2.84 bits per heavy atom. The minimum Gasteiger partial charge on any atom is -0.480 e. The van der Waals surface area contributed by atoms with Gasteiger partial charge in [-0.05, 0) is 33.2 Å². The number of carboxylic acids is 1. The summed E-state index contributed by atoms with van der Waals surface area (Å²) in [7, 11) is 0. The van der Waals surface area contributed by atoms with Crippen LogP contribution < -0.4 is 10.6 Å². The van der Waals surface area contributed by atoms with E-state index in [0.717, 1.165) is 19.4 Å². The molecule has 0 bridgehead atoms. The second-order valence-corrected chi connectivity index (χ2v) is 4.99. The fourth-order valence-corrected chi connectivity index (χ4v) is 1.76. The van der Waals surface area contributed by atoms with E-state index in [1.54, 1.807) is 0 Å². The van der Waals surface area contributed by atoms with E-state index in [9.17, 15) is 9.59 Å². The number of amides is 1. The minimum atomic E-state index is -1.39. The molecule has 8 nitrogen and oxygen atoms in total. The number of nitrogens with one attached hydrogen (secondary N) is 2. The van der Waals surface area contributed by atoms with Gasteiger partial charge in [-0.1, -0.05) is 5.16 Å². The maximum absolute atomic E-state index is 11.8. The Morgan fingerprint density at radius 1 is 1.53 bits per heavy atom. The molecule has 1 atom stereocenters. The van der Waals surface area contributed by atoms with Crippen LogP contribution >= 0.6 is 0 Å². The predicted molar refractivity (Wildman–Crippen MR) is 63.5 cm³/mol. The van der Waals surface area contributed by atoms with Gasteiger partial charge in [-0.3, -0.25) is 4.79 Å². The van der Waals surface area contributed by atoms with Crippen LogP contribution in [0.5, 0.6) is 0 Å². The van der Waals surface area contributed by atoms with E-state index in [4.69, 9.17) is 9.63 Å². The van der Waals surface area contributed by atoms with Gasteiger partial charge >= 0.3 is 5.97 Å². The average molecular weight is 268 g/mol. The maximum atomic E-state index is 11.8. The Balaban J connectivity index is 2.06. The molecule has 1 aromatic heterocycles. The molecular weight excluding hydrogens is 252 g/mol. The summed E-state index contributed by atoms with van der Waals surface area (Å²) in [5, 5.41) is 18.0. The molecular formula is C11H16N4O4. The fraction of sp³-hybridized carbons (Fsp3) is 0.636. The number of nitrogens with zero attached hydrogens (tertiary/aromatic N) is 2. The van der Waals surface area contributed by atoms with Crippen molar-refractivity contribution in [1.82, 2.24) is 20.8 Å². The second kappa shape index (κ2) is 4.96. The smallest absolute Gasteiger partial charge is 0.328 e. The zero-order valence-electron chi connectivity index (χ0n) is 10.8. The first kappa shape index (κ1) is 13.5. The number of hydrogen-bond acceptors (Lipinski definition) is 6. The van der Waals surface area contributed by atoms with Crippen LogP contribution in [0, 0.1) is 0 Å². The Morgan fingerprint density at radius 2 is 2.26 bits per heavy atom. The molecule has 104 valence electrons. The third-order valence-electron chi connectivity index (χ3n) is 2.96. The van der Waals surface area contributed by atoms with Crippen molar-refractivity contribution in [2.24, 2.45) is 0 Å². The van der Waals surface area contributed by atoms with Crippen molar-refractivity contribution in [3.63, 3.8) is 0 Å². The second-order valence-electron chi connectivity index (χ2n) is 4.99. The quantitative estimate of drug-likeness (QED) is 0.708. The molecule has 1 aliphatic rings. The molecule has 1 aliphatic heterocycles. The zero-order chi connectivity index (χ0) is 14.0. The van der Waals surface area contributed by atoms with Crippen molar-refractivity contribution >= 4 is 11.9 Å². The van der Waals surface area contributed by atoms with Gasteiger partial charge in [-0.15, -0.1) is 0 Å². The highest BCUT2D eigenvalue weighted by Crippen LogP contribution is 2.21. The monoisotopic (exact) mass is 268 g/mol. The van der Waals surface area contributed by atoms with Crippen molar-refractivity contribution in [2.45, 2.75) is 38.3 Å². The summed E-state index contributed by atoms with van der Waals surface area (Å²) in [5.74, 6) is -1.60. The van der Waals surface area contributed by atoms with Crippen LogP contribution in [0.1, 0.15) is 49.2 Å².